The van der Waals surface area contributed by atoms with Crippen molar-refractivity contribution in [3.63, 3.8) is 0 Å². The van der Waals surface area contributed by atoms with Crippen molar-refractivity contribution in [2.24, 2.45) is 5.92 Å². The monoisotopic (exact) mass is 662 g/mol. The van der Waals surface area contributed by atoms with Gasteiger partial charge in [-0.3, -0.25) is 14.5 Å². The number of rotatable bonds is 5. The number of aryl methyl sites for hydroxylation is 1. The topological polar surface area (TPSA) is 76.5 Å². The van der Waals surface area contributed by atoms with Gasteiger partial charge in [0, 0.05) is 47.2 Å². The first-order valence-corrected chi connectivity index (χ1v) is 16.2. The highest BCUT2D eigenvalue weighted by Gasteiger charge is 2.69. The van der Waals surface area contributed by atoms with E-state index < -0.39 is 22.7 Å². The molecule has 1 amide bonds. The molecule has 46 heavy (non-hydrogen) atoms. The largest absolute Gasteiger partial charge is 0.468 e. The molecular formula is C36H37Cl2FN4O3. The van der Waals surface area contributed by atoms with Crippen molar-refractivity contribution in [1.29, 1.82) is 0 Å². The van der Waals surface area contributed by atoms with Crippen LogP contribution in [0.3, 0.4) is 0 Å². The standard InChI is InChI=1S/C35H33Cl2FN4O3.CH4/c1-34(2,33(44)45-3)19-9-12-26-25(15-19)39-31-28-27(13-14-41(26)31)42(17-18-7-8-18)35(29(28)21-5-4-6-23(37)30(21)38)22-11-10-20(36)16-24(22)40-32(35)43;/h4-6,9-12,15-16,18,27-29H,7-8,13-14,17H2,1-3H3,(H,40,43);1H4/t27-,28+,29-,35+;/m0./s1. The number of carbonyl (C=O) groups excluding carboxylic acids is 2. The average molecular weight is 664 g/mol. The number of methoxy groups -OCH3 is 1. The van der Waals surface area contributed by atoms with Crippen LogP contribution in [0.2, 0.25) is 10.0 Å². The molecule has 4 heterocycles. The smallest absolute Gasteiger partial charge is 0.315 e. The molecular weight excluding hydrogens is 626 g/mol. The van der Waals surface area contributed by atoms with E-state index in [1.54, 1.807) is 24.3 Å². The van der Waals surface area contributed by atoms with E-state index in [1.165, 1.54) is 7.11 Å². The first-order valence-electron chi connectivity index (χ1n) is 15.5. The van der Waals surface area contributed by atoms with Gasteiger partial charge in [0.05, 0.1) is 28.6 Å². The molecule has 10 heteroatoms. The fourth-order valence-electron chi connectivity index (χ4n) is 8.36. The number of amides is 1. The van der Waals surface area contributed by atoms with Gasteiger partial charge >= 0.3 is 5.97 Å². The molecule has 1 aromatic heterocycles. The maximum atomic E-state index is 16.3. The van der Waals surface area contributed by atoms with Crippen LogP contribution in [0.4, 0.5) is 10.1 Å². The van der Waals surface area contributed by atoms with Crippen molar-refractivity contribution in [3.05, 3.63) is 93.0 Å². The van der Waals surface area contributed by atoms with Gasteiger partial charge in [0.1, 0.15) is 17.2 Å². The molecule has 4 aliphatic rings. The highest BCUT2D eigenvalue weighted by atomic mass is 35.5. The zero-order valence-electron chi connectivity index (χ0n) is 25.2. The minimum Gasteiger partial charge on any atom is -0.468 e. The summed E-state index contributed by atoms with van der Waals surface area (Å²) in [6.45, 7) is 5.10. The van der Waals surface area contributed by atoms with Crippen LogP contribution in [0.1, 0.15) is 74.9 Å². The van der Waals surface area contributed by atoms with Crippen LogP contribution in [0, 0.1) is 11.7 Å². The number of ether oxygens (including phenoxy) is 1. The van der Waals surface area contributed by atoms with E-state index in [2.05, 4.69) is 14.8 Å². The van der Waals surface area contributed by atoms with Gasteiger partial charge in [0.25, 0.3) is 0 Å². The Morgan fingerprint density at radius 2 is 1.91 bits per heavy atom. The Kier molecular flexibility index (Phi) is 7.31. The molecule has 4 aromatic rings. The minimum absolute atomic E-state index is 0. The molecule has 8 rings (SSSR count). The molecule has 1 saturated carbocycles. The third-order valence-corrected chi connectivity index (χ3v) is 11.2. The van der Waals surface area contributed by atoms with E-state index in [-0.39, 0.29) is 36.3 Å². The summed E-state index contributed by atoms with van der Waals surface area (Å²) in [7, 11) is 1.39. The molecule has 4 atom stereocenters. The second kappa shape index (κ2) is 10.8. The lowest BCUT2D eigenvalue weighted by Gasteiger charge is -2.40. The summed E-state index contributed by atoms with van der Waals surface area (Å²) >= 11 is 12.9. The molecule has 7 nitrogen and oxygen atoms in total. The number of nitrogens with one attached hydrogen (secondary N) is 1. The summed E-state index contributed by atoms with van der Waals surface area (Å²) in [6, 6.07) is 16.4. The highest BCUT2D eigenvalue weighted by molar-refractivity contribution is 6.31. The van der Waals surface area contributed by atoms with E-state index in [0.29, 0.717) is 28.7 Å². The zero-order valence-corrected chi connectivity index (χ0v) is 26.8. The Bertz CT molecular complexity index is 1920. The van der Waals surface area contributed by atoms with Crippen LogP contribution in [0.15, 0.2) is 54.6 Å². The van der Waals surface area contributed by atoms with Crippen molar-refractivity contribution < 1.29 is 18.7 Å². The Morgan fingerprint density at radius 3 is 2.65 bits per heavy atom. The van der Waals surface area contributed by atoms with E-state index in [0.717, 1.165) is 53.8 Å². The number of esters is 1. The van der Waals surface area contributed by atoms with Crippen LogP contribution in [-0.2, 0) is 31.8 Å². The van der Waals surface area contributed by atoms with Gasteiger partial charge in [-0.05, 0) is 80.5 Å². The number of imidazole rings is 1. The number of benzene rings is 3. The third kappa shape index (κ3) is 4.22. The van der Waals surface area contributed by atoms with Gasteiger partial charge in [-0.15, -0.1) is 0 Å². The molecule has 0 bridgehead atoms. The molecule has 1 N–H and O–H groups in total. The van der Waals surface area contributed by atoms with Gasteiger partial charge in [-0.25, -0.2) is 9.37 Å². The number of likely N-dealkylation sites (tertiary alicyclic amines) is 1. The van der Waals surface area contributed by atoms with Crippen molar-refractivity contribution in [2.75, 3.05) is 19.0 Å². The summed E-state index contributed by atoms with van der Waals surface area (Å²) in [5.41, 5.74) is 2.30. The van der Waals surface area contributed by atoms with E-state index >= 15 is 4.39 Å². The van der Waals surface area contributed by atoms with E-state index in [9.17, 15) is 9.59 Å². The third-order valence-electron chi connectivity index (χ3n) is 10.7. The SMILES string of the molecule is C.COC(=O)C(C)(C)c1ccc2c(c1)nc1n2CC[C@H]2[C@@H]1[C@H](c1cccc(Cl)c1F)[C@]1(C(=O)Nc3cc(Cl)ccc31)N2CC1CC1. The summed E-state index contributed by atoms with van der Waals surface area (Å²) in [5.74, 6) is -0.677. The number of aromatic nitrogens is 2. The van der Waals surface area contributed by atoms with Gasteiger partial charge in [0.2, 0.25) is 5.91 Å². The molecule has 3 aliphatic heterocycles. The van der Waals surface area contributed by atoms with Crippen LogP contribution in [0.25, 0.3) is 11.0 Å². The number of nitrogens with zero attached hydrogens (tertiary/aromatic N) is 3. The molecule has 3 aromatic carbocycles. The average Bonchev–Trinajstić information content (AvgIpc) is 3.61. The predicted octanol–water partition coefficient (Wildman–Crippen LogP) is 7.78. The van der Waals surface area contributed by atoms with Crippen molar-refractivity contribution in [3.8, 4) is 0 Å². The van der Waals surface area contributed by atoms with Gasteiger partial charge in [-0.1, -0.05) is 54.9 Å². The summed E-state index contributed by atoms with van der Waals surface area (Å²) in [4.78, 5) is 34.9. The summed E-state index contributed by atoms with van der Waals surface area (Å²) in [6.07, 6.45) is 2.97. The van der Waals surface area contributed by atoms with Gasteiger partial charge in [0.15, 0.2) is 0 Å². The maximum Gasteiger partial charge on any atom is 0.315 e. The Labute approximate surface area is 278 Å². The number of hydrogen-bond donors (Lipinski definition) is 1. The second-order valence-corrected chi connectivity index (χ2v) is 14.3. The Hall–Kier alpha value is -3.46. The molecule has 1 spiro atoms. The van der Waals surface area contributed by atoms with E-state index in [4.69, 9.17) is 32.9 Å². The number of fused-ring (bicyclic) bond motifs is 7. The first-order chi connectivity index (χ1) is 21.6. The lowest BCUT2D eigenvalue weighted by Crippen LogP contribution is -2.53. The first kappa shape index (κ1) is 31.2. The fourth-order valence-corrected chi connectivity index (χ4v) is 8.71. The zero-order chi connectivity index (χ0) is 31.4. The van der Waals surface area contributed by atoms with Crippen molar-refractivity contribution in [2.45, 2.75) is 75.9 Å². The fraction of sp³-hybridized carbons (Fsp3) is 0.417. The quantitative estimate of drug-likeness (QED) is 0.221. The van der Waals surface area contributed by atoms with Crippen LogP contribution in [0.5, 0.6) is 0 Å². The van der Waals surface area contributed by atoms with Crippen LogP contribution < -0.4 is 5.32 Å². The van der Waals surface area contributed by atoms with Crippen LogP contribution in [-0.4, -0.2) is 46.0 Å². The Morgan fingerprint density at radius 1 is 1.13 bits per heavy atom. The molecule has 1 saturated heterocycles. The van der Waals surface area contributed by atoms with Gasteiger partial charge in [-0.2, -0.15) is 0 Å². The molecule has 1 aliphatic carbocycles. The lowest BCUT2D eigenvalue weighted by atomic mass is 9.70. The van der Waals surface area contributed by atoms with E-state index in [1.807, 2.05) is 44.2 Å². The van der Waals surface area contributed by atoms with Crippen LogP contribution >= 0.6 is 23.2 Å². The summed E-state index contributed by atoms with van der Waals surface area (Å²) < 4.78 is 23.6. The predicted molar refractivity (Wildman–Crippen MR) is 178 cm³/mol. The second-order valence-electron chi connectivity index (χ2n) is 13.5. The molecule has 0 unspecified atom stereocenters. The number of anilines is 1. The normalized spacial score (nSPS) is 25.2. The highest BCUT2D eigenvalue weighted by Crippen LogP contribution is 2.64. The summed E-state index contributed by atoms with van der Waals surface area (Å²) in [5, 5.41) is 3.68. The number of halogens is 3. The lowest BCUT2D eigenvalue weighted by molar-refractivity contribution is -0.146. The minimum atomic E-state index is -1.19. The molecule has 0 radical (unpaired) electrons. The molecule has 2 fully saturated rings. The van der Waals surface area contributed by atoms with Crippen molar-refractivity contribution >= 4 is 51.8 Å². The Balaban J connectivity index is 0.00000338. The maximum absolute atomic E-state index is 16.3. The van der Waals surface area contributed by atoms with Gasteiger partial charge < -0.3 is 14.6 Å². The van der Waals surface area contributed by atoms with Crippen molar-refractivity contribution in [1.82, 2.24) is 14.5 Å². The number of hydrogen-bond acceptors (Lipinski definition) is 5. The molecule has 240 valence electrons. The number of carbonyl (C=O) groups is 2.